The van der Waals surface area contributed by atoms with Crippen molar-refractivity contribution < 1.29 is 9.47 Å². The van der Waals surface area contributed by atoms with Crippen LogP contribution < -0.4 is 10.2 Å². The molecule has 1 aromatic heterocycles. The lowest BCUT2D eigenvalue weighted by Crippen LogP contribution is -2.20. The third-order valence-corrected chi connectivity index (χ3v) is 5.22. The van der Waals surface area contributed by atoms with Crippen molar-refractivity contribution in [3.8, 4) is 5.88 Å². The van der Waals surface area contributed by atoms with E-state index in [1.54, 1.807) is 14.2 Å². The summed E-state index contributed by atoms with van der Waals surface area (Å²) in [5.74, 6) is 0.810. The quantitative estimate of drug-likeness (QED) is 0.406. The van der Waals surface area contributed by atoms with Crippen LogP contribution in [0.2, 0.25) is 0 Å². The Bertz CT molecular complexity index is 840. The fourth-order valence-electron chi connectivity index (χ4n) is 3.30. The van der Waals surface area contributed by atoms with Crippen LogP contribution in [0.1, 0.15) is 52.3 Å². The largest absolute Gasteiger partial charge is 0.482 e. The molecule has 0 aliphatic heterocycles. The van der Waals surface area contributed by atoms with Crippen molar-refractivity contribution in [2.75, 3.05) is 14.2 Å². The Morgan fingerprint density at radius 1 is 1.24 bits per heavy atom. The molecule has 160 valence electrons. The van der Waals surface area contributed by atoms with Crippen molar-refractivity contribution in [3.63, 3.8) is 0 Å². The molecule has 2 atom stereocenters. The molecule has 0 saturated carbocycles. The molecule has 0 saturated heterocycles. The number of rotatable bonds is 10. The van der Waals surface area contributed by atoms with Gasteiger partial charge >= 0.3 is 0 Å². The highest BCUT2D eigenvalue weighted by molar-refractivity contribution is 5.27. The number of methoxy groups -OCH3 is 2. The van der Waals surface area contributed by atoms with E-state index in [4.69, 9.17) is 9.47 Å². The monoisotopic (exact) mass is 399 g/mol. The highest BCUT2D eigenvalue weighted by Crippen LogP contribution is 2.19. The standard InChI is InChI=1S/C25H37NO3/c1-9-19(4)25(29-8)20(5)15-18(3)12-10-11-17(2)13-14-22-21(6)23(27)16-24(26-22)28-7/h9-10,12-13,15-16,20,25H,11,14H2,1-8H3,(H,26,27). The van der Waals surface area contributed by atoms with Crippen LogP contribution in [0.15, 0.2) is 58.0 Å². The summed E-state index contributed by atoms with van der Waals surface area (Å²) in [5.41, 5.74) is 5.36. The third kappa shape index (κ3) is 7.90. The maximum absolute atomic E-state index is 12.0. The van der Waals surface area contributed by atoms with E-state index in [9.17, 15) is 4.79 Å². The number of allylic oxidation sites excluding steroid dienone is 6. The molecule has 1 aromatic rings. The maximum atomic E-state index is 12.0. The molecule has 1 heterocycles. The zero-order valence-corrected chi connectivity index (χ0v) is 19.3. The lowest BCUT2D eigenvalue weighted by Gasteiger charge is -2.21. The molecule has 1 rings (SSSR count). The molecule has 4 heteroatoms. The number of aromatic nitrogens is 1. The Morgan fingerprint density at radius 3 is 2.52 bits per heavy atom. The molecule has 4 nitrogen and oxygen atoms in total. The third-order valence-electron chi connectivity index (χ3n) is 5.22. The summed E-state index contributed by atoms with van der Waals surface area (Å²) in [4.78, 5) is 15.2. The first-order valence-electron chi connectivity index (χ1n) is 10.2. The minimum absolute atomic E-state index is 0.000974. The van der Waals surface area contributed by atoms with Gasteiger partial charge in [-0.3, -0.25) is 4.79 Å². The molecular formula is C25H37NO3. The summed E-state index contributed by atoms with van der Waals surface area (Å²) in [7, 11) is 3.32. The van der Waals surface area contributed by atoms with E-state index in [1.807, 2.05) is 13.8 Å². The second-order valence-corrected chi connectivity index (χ2v) is 7.63. The Kier molecular flexibility index (Phi) is 10.5. The van der Waals surface area contributed by atoms with Gasteiger partial charge in [-0.05, 0) is 46.6 Å². The second kappa shape index (κ2) is 12.3. The van der Waals surface area contributed by atoms with E-state index < -0.39 is 0 Å². The van der Waals surface area contributed by atoms with E-state index in [2.05, 4.69) is 63.1 Å². The van der Waals surface area contributed by atoms with Crippen LogP contribution in [0.5, 0.6) is 5.88 Å². The number of hydrogen-bond acceptors (Lipinski definition) is 3. The van der Waals surface area contributed by atoms with Crippen LogP contribution in [0.25, 0.3) is 0 Å². The molecule has 1 N–H and O–H groups in total. The van der Waals surface area contributed by atoms with Gasteiger partial charge in [0.2, 0.25) is 0 Å². The van der Waals surface area contributed by atoms with Crippen LogP contribution >= 0.6 is 0 Å². The number of hydrogen-bond donors (Lipinski definition) is 1. The molecule has 0 aromatic carbocycles. The minimum atomic E-state index is -0.000974. The summed E-state index contributed by atoms with van der Waals surface area (Å²) in [5, 5.41) is 0. The Labute approximate surface area is 176 Å². The molecule has 0 radical (unpaired) electrons. The van der Waals surface area contributed by atoms with Gasteiger partial charge < -0.3 is 14.5 Å². The van der Waals surface area contributed by atoms with E-state index in [1.165, 1.54) is 22.8 Å². The highest BCUT2D eigenvalue weighted by atomic mass is 16.5. The van der Waals surface area contributed by atoms with E-state index in [0.717, 1.165) is 17.7 Å². The van der Waals surface area contributed by atoms with Gasteiger partial charge in [0.05, 0.1) is 13.2 Å². The van der Waals surface area contributed by atoms with Crippen LogP contribution in [0, 0.1) is 12.8 Å². The summed E-state index contributed by atoms with van der Waals surface area (Å²) >= 11 is 0. The molecule has 29 heavy (non-hydrogen) atoms. The Morgan fingerprint density at radius 2 is 1.93 bits per heavy atom. The van der Waals surface area contributed by atoms with Crippen molar-refractivity contribution in [2.24, 2.45) is 5.92 Å². The zero-order chi connectivity index (χ0) is 22.0. The van der Waals surface area contributed by atoms with Crippen molar-refractivity contribution in [2.45, 2.75) is 60.5 Å². The van der Waals surface area contributed by atoms with Gasteiger partial charge in [0.25, 0.3) is 0 Å². The van der Waals surface area contributed by atoms with Gasteiger partial charge in [-0.2, -0.15) is 0 Å². The van der Waals surface area contributed by atoms with Crippen molar-refractivity contribution in [1.82, 2.24) is 4.98 Å². The predicted octanol–water partition coefficient (Wildman–Crippen LogP) is 5.69. The first-order valence-corrected chi connectivity index (χ1v) is 10.2. The van der Waals surface area contributed by atoms with Gasteiger partial charge in [-0.15, -0.1) is 0 Å². The number of H-pyrrole nitrogens is 1. The topological polar surface area (TPSA) is 51.3 Å². The summed E-state index contributed by atoms with van der Waals surface area (Å²) < 4.78 is 10.8. The fraction of sp³-hybridized carbons (Fsp3) is 0.480. The van der Waals surface area contributed by atoms with Gasteiger partial charge in [-0.25, -0.2) is 0 Å². The van der Waals surface area contributed by atoms with E-state index in [-0.39, 0.29) is 11.5 Å². The van der Waals surface area contributed by atoms with E-state index >= 15 is 0 Å². The molecule has 0 fully saturated rings. The van der Waals surface area contributed by atoms with Crippen LogP contribution in [-0.4, -0.2) is 25.3 Å². The molecule has 0 spiro atoms. The molecule has 0 aliphatic rings. The summed E-state index contributed by atoms with van der Waals surface area (Å²) in [6, 6.07) is 1.49. The first-order chi connectivity index (χ1) is 13.7. The molecule has 0 aliphatic carbocycles. The van der Waals surface area contributed by atoms with Gasteiger partial charge in [0, 0.05) is 36.8 Å². The lowest BCUT2D eigenvalue weighted by atomic mass is 9.95. The second-order valence-electron chi connectivity index (χ2n) is 7.63. The average molecular weight is 400 g/mol. The van der Waals surface area contributed by atoms with Crippen LogP contribution in [0.3, 0.4) is 0 Å². The average Bonchev–Trinajstić information content (AvgIpc) is 2.69. The Hall–Kier alpha value is -2.33. The predicted molar refractivity (Wildman–Crippen MR) is 123 cm³/mol. The van der Waals surface area contributed by atoms with Gasteiger partial charge in [0.15, 0.2) is 11.3 Å². The number of nitrogens with one attached hydrogen (secondary N) is 1. The SMILES string of the molecule is CC=C(C)C(OC)C(C)C=C(C)C=CCC(C)=CCc1[nH]c(OC)cc(=O)c1C. The van der Waals surface area contributed by atoms with Crippen molar-refractivity contribution in [3.05, 3.63) is 74.6 Å². The summed E-state index contributed by atoms with van der Waals surface area (Å²) in [6.45, 7) is 12.4. The molecular weight excluding hydrogens is 362 g/mol. The molecule has 0 amide bonds. The van der Waals surface area contributed by atoms with Crippen LogP contribution in [-0.2, 0) is 11.2 Å². The molecule has 2 unspecified atom stereocenters. The summed E-state index contributed by atoms with van der Waals surface area (Å²) in [6.07, 6.45) is 12.5. The van der Waals surface area contributed by atoms with Crippen LogP contribution in [0.4, 0.5) is 0 Å². The number of aromatic amines is 1. The van der Waals surface area contributed by atoms with E-state index in [0.29, 0.717) is 18.2 Å². The number of pyridine rings is 1. The van der Waals surface area contributed by atoms with Gasteiger partial charge in [-0.1, -0.05) is 48.5 Å². The highest BCUT2D eigenvalue weighted by Gasteiger charge is 2.15. The minimum Gasteiger partial charge on any atom is -0.482 e. The Balaban J connectivity index is 2.74. The number of ether oxygens (including phenoxy) is 2. The smallest absolute Gasteiger partial charge is 0.194 e. The fourth-order valence-corrected chi connectivity index (χ4v) is 3.30. The van der Waals surface area contributed by atoms with Crippen molar-refractivity contribution in [1.29, 1.82) is 0 Å². The maximum Gasteiger partial charge on any atom is 0.194 e. The van der Waals surface area contributed by atoms with Gasteiger partial charge in [0.1, 0.15) is 0 Å². The van der Waals surface area contributed by atoms with Crippen molar-refractivity contribution >= 4 is 0 Å². The zero-order valence-electron chi connectivity index (χ0n) is 19.3. The first kappa shape index (κ1) is 24.7. The normalized spacial score (nSPS) is 15.7. The lowest BCUT2D eigenvalue weighted by molar-refractivity contribution is 0.103. The molecule has 0 bridgehead atoms.